The third-order valence-electron chi connectivity index (χ3n) is 6.76. The van der Waals surface area contributed by atoms with Crippen molar-refractivity contribution < 1.29 is 0 Å². The van der Waals surface area contributed by atoms with E-state index in [9.17, 15) is 0 Å². The fraction of sp³-hybridized carbons (Fsp3) is 0.179. The highest BCUT2D eigenvalue weighted by atomic mass is 79.9. The van der Waals surface area contributed by atoms with Crippen molar-refractivity contribution in [2.24, 2.45) is 0 Å². The summed E-state index contributed by atoms with van der Waals surface area (Å²) < 4.78 is 2.91. The van der Waals surface area contributed by atoms with Gasteiger partial charge < -0.3 is 0 Å². The van der Waals surface area contributed by atoms with Crippen LogP contribution in [0.3, 0.4) is 0 Å². The Hall–Kier alpha value is -2.22. The standard InChI is InChI=1S/C28H20BrCl3N4S/c1-2-21-24(26-33-34-27(37-26)28(12-13-28)17-4-3-5-19(30)14-17)35-36(23-11-10-20(31)15-22(23)32)25(21)16-6-8-18(29)9-7-16/h3-11,14-15H,2,12-13H2,1H3. The molecule has 9 heteroatoms. The van der Waals surface area contributed by atoms with Crippen LogP contribution in [0, 0.1) is 0 Å². The first kappa shape index (κ1) is 25.1. The molecule has 0 radical (unpaired) electrons. The highest BCUT2D eigenvalue weighted by molar-refractivity contribution is 9.10. The van der Waals surface area contributed by atoms with Crippen molar-refractivity contribution in [3.05, 3.63) is 102 Å². The van der Waals surface area contributed by atoms with E-state index in [0.29, 0.717) is 10.0 Å². The van der Waals surface area contributed by atoms with Crippen LogP contribution in [0.15, 0.2) is 71.2 Å². The first-order valence-electron chi connectivity index (χ1n) is 11.8. The summed E-state index contributed by atoms with van der Waals surface area (Å²) in [7, 11) is 0. The van der Waals surface area contributed by atoms with Gasteiger partial charge >= 0.3 is 0 Å². The Bertz CT molecular complexity index is 1620. The molecule has 0 N–H and O–H groups in total. The van der Waals surface area contributed by atoms with Crippen LogP contribution in [0.5, 0.6) is 0 Å². The number of hydrogen-bond donors (Lipinski definition) is 0. The molecule has 186 valence electrons. The Morgan fingerprint density at radius 3 is 2.38 bits per heavy atom. The van der Waals surface area contributed by atoms with Crippen molar-refractivity contribution in [2.45, 2.75) is 31.6 Å². The number of hydrogen-bond acceptors (Lipinski definition) is 4. The van der Waals surface area contributed by atoms with Gasteiger partial charge in [0.2, 0.25) is 0 Å². The van der Waals surface area contributed by atoms with Gasteiger partial charge in [-0.15, -0.1) is 10.2 Å². The molecule has 5 aromatic rings. The third-order valence-corrected chi connectivity index (χ3v) is 9.19. The van der Waals surface area contributed by atoms with E-state index in [4.69, 9.17) is 39.9 Å². The third kappa shape index (κ3) is 4.53. The summed E-state index contributed by atoms with van der Waals surface area (Å²) >= 11 is 24.3. The molecule has 0 aliphatic heterocycles. The summed E-state index contributed by atoms with van der Waals surface area (Å²) in [6, 6.07) is 21.7. The number of aromatic nitrogens is 4. The normalized spacial score (nSPS) is 14.2. The number of nitrogens with zero attached hydrogens (tertiary/aromatic N) is 4. The molecule has 0 unspecified atom stereocenters. The topological polar surface area (TPSA) is 43.6 Å². The van der Waals surface area contributed by atoms with E-state index in [1.807, 2.05) is 47.1 Å². The quantitative estimate of drug-likeness (QED) is 0.188. The highest BCUT2D eigenvalue weighted by Crippen LogP contribution is 2.55. The van der Waals surface area contributed by atoms with Crippen molar-refractivity contribution >= 4 is 62.1 Å². The van der Waals surface area contributed by atoms with Gasteiger partial charge in [0.15, 0.2) is 5.01 Å². The minimum absolute atomic E-state index is 0.121. The molecule has 0 atom stereocenters. The predicted molar refractivity (Wildman–Crippen MR) is 156 cm³/mol. The van der Waals surface area contributed by atoms with Gasteiger partial charge in [0, 0.05) is 31.1 Å². The van der Waals surface area contributed by atoms with Gasteiger partial charge in [0.25, 0.3) is 0 Å². The van der Waals surface area contributed by atoms with E-state index < -0.39 is 0 Å². The van der Waals surface area contributed by atoms with E-state index in [1.165, 1.54) is 5.56 Å². The Labute approximate surface area is 242 Å². The predicted octanol–water partition coefficient (Wildman–Crippen LogP) is 9.42. The first-order chi connectivity index (χ1) is 17.9. The Balaban J connectivity index is 1.51. The van der Waals surface area contributed by atoms with Crippen LogP contribution in [0.2, 0.25) is 15.1 Å². The lowest BCUT2D eigenvalue weighted by Crippen LogP contribution is -2.07. The second-order valence-corrected chi connectivity index (χ2v) is 12.2. The Morgan fingerprint density at radius 1 is 0.946 bits per heavy atom. The SMILES string of the molecule is CCc1c(-c2nnc(C3(c4cccc(Cl)c4)CC3)s2)nn(-c2ccc(Cl)cc2Cl)c1-c1ccc(Br)cc1. The maximum atomic E-state index is 6.66. The van der Waals surface area contributed by atoms with E-state index in [2.05, 4.69) is 51.3 Å². The molecule has 0 saturated heterocycles. The Morgan fingerprint density at radius 2 is 1.70 bits per heavy atom. The van der Waals surface area contributed by atoms with E-state index in [1.54, 1.807) is 17.4 Å². The van der Waals surface area contributed by atoms with Crippen molar-refractivity contribution in [1.82, 2.24) is 20.0 Å². The molecule has 0 bridgehead atoms. The second-order valence-electron chi connectivity index (χ2n) is 9.05. The molecule has 2 heterocycles. The molecular formula is C28H20BrCl3N4S. The van der Waals surface area contributed by atoms with Crippen LogP contribution in [-0.2, 0) is 11.8 Å². The van der Waals surface area contributed by atoms with Crippen LogP contribution in [0.1, 0.15) is 35.9 Å². The summed E-state index contributed by atoms with van der Waals surface area (Å²) in [4.78, 5) is 0. The van der Waals surface area contributed by atoms with Gasteiger partial charge in [-0.25, -0.2) is 4.68 Å². The van der Waals surface area contributed by atoms with Crippen molar-refractivity contribution in [3.8, 4) is 27.6 Å². The molecule has 37 heavy (non-hydrogen) atoms. The molecule has 1 aliphatic carbocycles. The largest absolute Gasteiger partial charge is 0.231 e. The summed E-state index contributed by atoms with van der Waals surface area (Å²) in [5.41, 5.74) is 5.73. The first-order valence-corrected chi connectivity index (χ1v) is 14.6. The van der Waals surface area contributed by atoms with Crippen LogP contribution in [0.25, 0.3) is 27.6 Å². The molecule has 1 saturated carbocycles. The maximum Gasteiger partial charge on any atom is 0.168 e. The van der Waals surface area contributed by atoms with Crippen molar-refractivity contribution in [3.63, 3.8) is 0 Å². The minimum Gasteiger partial charge on any atom is -0.231 e. The number of benzene rings is 3. The average Bonchev–Trinajstić information content (AvgIpc) is 3.38. The maximum absolute atomic E-state index is 6.66. The summed E-state index contributed by atoms with van der Waals surface area (Å²) in [6.07, 6.45) is 2.82. The molecule has 2 aromatic heterocycles. The fourth-order valence-electron chi connectivity index (χ4n) is 4.74. The number of halogens is 4. The van der Waals surface area contributed by atoms with Crippen LogP contribution in [-0.4, -0.2) is 20.0 Å². The van der Waals surface area contributed by atoms with E-state index in [-0.39, 0.29) is 5.41 Å². The lowest BCUT2D eigenvalue weighted by molar-refractivity contribution is 0.806. The molecule has 1 aliphatic rings. The van der Waals surface area contributed by atoms with E-state index >= 15 is 0 Å². The van der Waals surface area contributed by atoms with Crippen LogP contribution >= 0.6 is 62.1 Å². The lowest BCUT2D eigenvalue weighted by atomic mass is 9.97. The Kier molecular flexibility index (Phi) is 6.66. The molecule has 0 spiro atoms. The fourth-order valence-corrected chi connectivity index (χ4v) is 6.81. The number of rotatable bonds is 6. The molecule has 0 amide bonds. The molecule has 3 aromatic carbocycles. The second kappa shape index (κ2) is 9.83. The molecule has 4 nitrogen and oxygen atoms in total. The van der Waals surface area contributed by atoms with Crippen LogP contribution in [0.4, 0.5) is 0 Å². The van der Waals surface area contributed by atoms with Gasteiger partial charge in [-0.3, -0.25) is 0 Å². The zero-order valence-electron chi connectivity index (χ0n) is 19.7. The van der Waals surface area contributed by atoms with Crippen molar-refractivity contribution in [2.75, 3.05) is 0 Å². The van der Waals surface area contributed by atoms with Crippen LogP contribution < -0.4 is 0 Å². The zero-order chi connectivity index (χ0) is 25.7. The summed E-state index contributed by atoms with van der Waals surface area (Å²) in [5, 5.41) is 18.0. The van der Waals surface area contributed by atoms with Crippen molar-refractivity contribution in [1.29, 1.82) is 0 Å². The smallest absolute Gasteiger partial charge is 0.168 e. The summed E-state index contributed by atoms with van der Waals surface area (Å²) in [5.74, 6) is 0. The average molecular weight is 631 g/mol. The van der Waals surface area contributed by atoms with Gasteiger partial charge in [-0.2, -0.15) is 5.10 Å². The summed E-state index contributed by atoms with van der Waals surface area (Å²) in [6.45, 7) is 2.13. The van der Waals surface area contributed by atoms with Gasteiger partial charge in [0.1, 0.15) is 10.7 Å². The zero-order valence-corrected chi connectivity index (χ0v) is 24.4. The van der Waals surface area contributed by atoms with Gasteiger partial charge in [-0.05, 0) is 67.3 Å². The van der Waals surface area contributed by atoms with E-state index in [0.717, 1.165) is 67.0 Å². The lowest BCUT2D eigenvalue weighted by Gasteiger charge is -2.11. The molecule has 1 fully saturated rings. The van der Waals surface area contributed by atoms with Gasteiger partial charge in [-0.1, -0.05) is 93.3 Å². The molecule has 6 rings (SSSR count). The monoisotopic (exact) mass is 628 g/mol. The minimum atomic E-state index is -0.121. The highest BCUT2D eigenvalue weighted by Gasteiger charge is 2.49. The molecular weight excluding hydrogens is 611 g/mol. The van der Waals surface area contributed by atoms with Gasteiger partial charge in [0.05, 0.1) is 16.4 Å².